The summed E-state index contributed by atoms with van der Waals surface area (Å²) < 4.78 is 32.1. The van der Waals surface area contributed by atoms with Crippen LogP contribution in [0.5, 0.6) is 5.75 Å². The number of rotatable bonds is 7. The number of nitrogens with one attached hydrogen (secondary N) is 1. The lowest BCUT2D eigenvalue weighted by Gasteiger charge is -2.09. The average Bonchev–Trinajstić information content (AvgIpc) is 2.58. The van der Waals surface area contributed by atoms with Crippen LogP contribution < -0.4 is 9.46 Å². The molecule has 0 fully saturated rings. The highest BCUT2D eigenvalue weighted by Gasteiger charge is 2.17. The van der Waals surface area contributed by atoms with Crippen molar-refractivity contribution in [3.05, 3.63) is 59.7 Å². The topological polar surface area (TPSA) is 116 Å². The van der Waals surface area contributed by atoms with Gasteiger partial charge in [0.1, 0.15) is 11.8 Å². The highest BCUT2D eigenvalue weighted by Crippen LogP contribution is 2.16. The van der Waals surface area contributed by atoms with Gasteiger partial charge in [0.25, 0.3) is 0 Å². The molecule has 0 spiro atoms. The third-order valence-corrected chi connectivity index (χ3v) is 4.48. The van der Waals surface area contributed by atoms with Crippen molar-refractivity contribution in [2.75, 3.05) is 6.61 Å². The maximum Gasteiger partial charge on any atom is 0.341 e. The van der Waals surface area contributed by atoms with E-state index in [-0.39, 0.29) is 17.0 Å². The number of hydrogen-bond donors (Lipinski definition) is 2. The van der Waals surface area contributed by atoms with Gasteiger partial charge in [-0.05, 0) is 29.8 Å². The van der Waals surface area contributed by atoms with Gasteiger partial charge in [-0.25, -0.2) is 17.9 Å². The Hall–Kier alpha value is -2.89. The van der Waals surface area contributed by atoms with Crippen LogP contribution in [-0.4, -0.2) is 26.1 Å². The number of nitriles is 1. The molecule has 0 atom stereocenters. The Morgan fingerprint density at radius 2 is 1.96 bits per heavy atom. The maximum atomic E-state index is 12.3. The van der Waals surface area contributed by atoms with Gasteiger partial charge in [-0.3, -0.25) is 0 Å². The highest BCUT2D eigenvalue weighted by atomic mass is 32.2. The molecule has 2 N–H and O–H groups in total. The Morgan fingerprint density at radius 1 is 1.21 bits per heavy atom. The third kappa shape index (κ3) is 4.55. The van der Waals surface area contributed by atoms with Gasteiger partial charge in [0, 0.05) is 6.54 Å². The minimum absolute atomic E-state index is 0.0215. The van der Waals surface area contributed by atoms with E-state index in [1.54, 1.807) is 30.3 Å². The zero-order chi connectivity index (χ0) is 17.6. The van der Waals surface area contributed by atoms with Crippen molar-refractivity contribution in [3.8, 4) is 11.8 Å². The fourth-order valence-electron chi connectivity index (χ4n) is 1.94. The first-order chi connectivity index (χ1) is 11.4. The summed E-state index contributed by atoms with van der Waals surface area (Å²) in [5.41, 5.74) is 0.652. The van der Waals surface area contributed by atoms with Gasteiger partial charge in [-0.2, -0.15) is 5.26 Å². The van der Waals surface area contributed by atoms with Crippen molar-refractivity contribution >= 4 is 16.0 Å². The molecule has 2 aromatic rings. The molecule has 0 aliphatic heterocycles. The summed E-state index contributed by atoms with van der Waals surface area (Å²) in [6.07, 6.45) is 0. The van der Waals surface area contributed by atoms with Gasteiger partial charge >= 0.3 is 5.97 Å². The van der Waals surface area contributed by atoms with E-state index in [0.29, 0.717) is 11.3 Å². The molecule has 0 heterocycles. The second-order valence-corrected chi connectivity index (χ2v) is 6.50. The molecule has 124 valence electrons. The molecule has 0 radical (unpaired) electrons. The van der Waals surface area contributed by atoms with Gasteiger partial charge in [0.2, 0.25) is 10.0 Å². The summed E-state index contributed by atoms with van der Waals surface area (Å²) in [5, 5.41) is 17.6. The fraction of sp³-hybridized carbons (Fsp3) is 0.125. The Labute approximate surface area is 139 Å². The van der Waals surface area contributed by atoms with Crippen LogP contribution >= 0.6 is 0 Å². The Morgan fingerprint density at radius 3 is 2.67 bits per heavy atom. The summed E-state index contributed by atoms with van der Waals surface area (Å²) >= 11 is 0. The van der Waals surface area contributed by atoms with Crippen molar-refractivity contribution in [2.45, 2.75) is 11.4 Å². The molecule has 2 rings (SSSR count). The molecule has 0 aliphatic rings. The predicted molar refractivity (Wildman–Crippen MR) is 84.8 cm³/mol. The number of sulfonamides is 1. The number of nitrogens with zero attached hydrogens (tertiary/aromatic N) is 1. The van der Waals surface area contributed by atoms with Crippen molar-refractivity contribution in [1.29, 1.82) is 5.26 Å². The quantitative estimate of drug-likeness (QED) is 0.785. The minimum Gasteiger partial charge on any atom is -0.482 e. The molecule has 24 heavy (non-hydrogen) atoms. The van der Waals surface area contributed by atoms with Crippen molar-refractivity contribution < 1.29 is 23.1 Å². The zero-order valence-electron chi connectivity index (χ0n) is 12.5. The maximum absolute atomic E-state index is 12.3. The molecule has 0 bridgehead atoms. The summed E-state index contributed by atoms with van der Waals surface area (Å²) in [7, 11) is -3.85. The first-order valence-corrected chi connectivity index (χ1v) is 8.33. The minimum atomic E-state index is -3.85. The standard InChI is InChI=1S/C16H14N2O5S/c17-9-13-5-1-2-7-15(13)24(21,22)18-10-12-4-3-6-14(8-12)23-11-16(19)20/h1-8,18H,10-11H2,(H,19,20). The van der Waals surface area contributed by atoms with E-state index >= 15 is 0 Å². The van der Waals surface area contributed by atoms with Crippen molar-refractivity contribution in [2.24, 2.45) is 0 Å². The molecular formula is C16H14N2O5S. The molecular weight excluding hydrogens is 332 g/mol. The monoisotopic (exact) mass is 346 g/mol. The number of carbonyl (C=O) groups is 1. The first kappa shape index (κ1) is 17.5. The predicted octanol–water partition coefficient (Wildman–Crippen LogP) is 1.50. The second-order valence-electron chi connectivity index (χ2n) is 4.76. The Bertz CT molecular complexity index is 887. The van der Waals surface area contributed by atoms with Crippen LogP contribution in [0.1, 0.15) is 11.1 Å². The second kappa shape index (κ2) is 7.59. The normalized spacial score (nSPS) is 10.8. The van der Waals surface area contributed by atoms with Crippen LogP contribution in [0.15, 0.2) is 53.4 Å². The summed E-state index contributed by atoms with van der Waals surface area (Å²) in [5.74, 6) is -0.777. The first-order valence-electron chi connectivity index (χ1n) is 6.85. The van der Waals surface area contributed by atoms with Crippen LogP contribution in [0.25, 0.3) is 0 Å². The molecule has 0 saturated heterocycles. The van der Waals surface area contributed by atoms with Crippen molar-refractivity contribution in [3.63, 3.8) is 0 Å². The number of aliphatic carboxylic acids is 1. The molecule has 8 heteroatoms. The smallest absolute Gasteiger partial charge is 0.341 e. The average molecular weight is 346 g/mol. The summed E-state index contributed by atoms with van der Waals surface area (Å²) in [6.45, 7) is -0.503. The van der Waals surface area contributed by atoms with E-state index < -0.39 is 22.6 Å². The lowest BCUT2D eigenvalue weighted by Crippen LogP contribution is -2.24. The van der Waals surface area contributed by atoms with E-state index in [9.17, 15) is 13.2 Å². The Kier molecular flexibility index (Phi) is 5.52. The van der Waals surface area contributed by atoms with Crippen molar-refractivity contribution in [1.82, 2.24) is 4.72 Å². The van der Waals surface area contributed by atoms with Crippen LogP contribution in [-0.2, 0) is 21.4 Å². The molecule has 0 aliphatic carbocycles. The molecule has 0 saturated carbocycles. The van der Waals surface area contributed by atoms with E-state index in [1.807, 2.05) is 6.07 Å². The van der Waals surface area contributed by atoms with Crippen LogP contribution in [0.4, 0.5) is 0 Å². The van der Waals surface area contributed by atoms with Crippen LogP contribution in [0, 0.1) is 11.3 Å². The van der Waals surface area contributed by atoms with Crippen LogP contribution in [0.3, 0.4) is 0 Å². The molecule has 0 aromatic heterocycles. The lowest BCUT2D eigenvalue weighted by atomic mass is 10.2. The van der Waals surface area contributed by atoms with E-state index in [4.69, 9.17) is 15.1 Å². The highest BCUT2D eigenvalue weighted by molar-refractivity contribution is 7.89. The molecule has 0 amide bonds. The lowest BCUT2D eigenvalue weighted by molar-refractivity contribution is -0.139. The number of hydrogen-bond acceptors (Lipinski definition) is 5. The molecule has 0 unspecified atom stereocenters. The molecule has 2 aromatic carbocycles. The van der Waals surface area contributed by atoms with E-state index in [0.717, 1.165) is 0 Å². The number of ether oxygens (including phenoxy) is 1. The van der Waals surface area contributed by atoms with Crippen LogP contribution in [0.2, 0.25) is 0 Å². The third-order valence-electron chi connectivity index (χ3n) is 3.02. The van der Waals surface area contributed by atoms with E-state index in [2.05, 4.69) is 4.72 Å². The fourth-order valence-corrected chi connectivity index (χ4v) is 3.11. The van der Waals surface area contributed by atoms with Gasteiger partial charge < -0.3 is 9.84 Å². The Balaban J connectivity index is 2.11. The SMILES string of the molecule is N#Cc1ccccc1S(=O)(=O)NCc1cccc(OCC(=O)O)c1. The number of benzene rings is 2. The zero-order valence-corrected chi connectivity index (χ0v) is 13.3. The van der Waals surface area contributed by atoms with Gasteiger partial charge in [0.15, 0.2) is 6.61 Å². The number of carboxylic acids is 1. The number of carboxylic acid groups (broad SMARTS) is 1. The molecule has 7 nitrogen and oxygen atoms in total. The van der Waals surface area contributed by atoms with E-state index in [1.165, 1.54) is 18.2 Å². The van der Waals surface area contributed by atoms with Gasteiger partial charge in [-0.15, -0.1) is 0 Å². The van der Waals surface area contributed by atoms with Gasteiger partial charge in [0.05, 0.1) is 10.5 Å². The van der Waals surface area contributed by atoms with Gasteiger partial charge in [-0.1, -0.05) is 24.3 Å². The largest absolute Gasteiger partial charge is 0.482 e. The summed E-state index contributed by atoms with van der Waals surface area (Å²) in [6, 6.07) is 14.2. The summed E-state index contributed by atoms with van der Waals surface area (Å²) in [4.78, 5) is 10.4.